The van der Waals surface area contributed by atoms with Crippen molar-refractivity contribution in [1.82, 2.24) is 0 Å². The van der Waals surface area contributed by atoms with Crippen LogP contribution < -0.4 is 0 Å². The molecule has 1 atom stereocenters. The summed E-state index contributed by atoms with van der Waals surface area (Å²) in [5, 5.41) is 4.17. The zero-order valence-corrected chi connectivity index (χ0v) is 9.02. The molecule has 0 amide bonds. The van der Waals surface area contributed by atoms with Crippen LogP contribution in [0.15, 0.2) is 45.3 Å². The molecule has 2 aliphatic heterocycles. The molecule has 0 aromatic heterocycles. The molecular formula is C10H8SSe. The van der Waals surface area contributed by atoms with E-state index < -0.39 is 0 Å². The number of rotatable bonds is 0. The summed E-state index contributed by atoms with van der Waals surface area (Å²) in [6, 6.07) is 0. The third-order valence-electron chi connectivity index (χ3n) is 2.27. The Morgan fingerprint density at radius 1 is 1.50 bits per heavy atom. The SMILES string of the molecule is C1=CC2=CC3=CC[Se]C3=CC2S1. The van der Waals surface area contributed by atoms with Crippen LogP contribution >= 0.6 is 11.8 Å². The second-order valence-electron chi connectivity index (χ2n) is 3.01. The van der Waals surface area contributed by atoms with Gasteiger partial charge in [0, 0.05) is 0 Å². The summed E-state index contributed by atoms with van der Waals surface area (Å²) in [6.45, 7) is 0. The molecule has 1 unspecified atom stereocenters. The van der Waals surface area contributed by atoms with Gasteiger partial charge < -0.3 is 0 Å². The van der Waals surface area contributed by atoms with Crippen LogP contribution in [0.1, 0.15) is 0 Å². The van der Waals surface area contributed by atoms with E-state index in [1.165, 1.54) is 16.5 Å². The zero-order valence-electron chi connectivity index (χ0n) is 6.49. The van der Waals surface area contributed by atoms with E-state index in [-0.39, 0.29) is 0 Å². The monoisotopic (exact) mass is 240 g/mol. The van der Waals surface area contributed by atoms with E-state index in [0.29, 0.717) is 5.25 Å². The normalized spacial score (nSPS) is 30.7. The van der Waals surface area contributed by atoms with Gasteiger partial charge in [-0.05, 0) is 0 Å². The molecule has 1 aliphatic carbocycles. The van der Waals surface area contributed by atoms with E-state index in [1.54, 1.807) is 4.47 Å². The van der Waals surface area contributed by atoms with Crippen LogP contribution in [0.2, 0.25) is 5.32 Å². The van der Waals surface area contributed by atoms with Crippen molar-refractivity contribution in [3.05, 3.63) is 45.3 Å². The molecule has 0 N–H and O–H groups in total. The minimum absolute atomic E-state index is 0.650. The van der Waals surface area contributed by atoms with Gasteiger partial charge in [-0.15, -0.1) is 0 Å². The third kappa shape index (κ3) is 0.989. The van der Waals surface area contributed by atoms with Crippen LogP contribution in [0.4, 0.5) is 0 Å². The second-order valence-corrected chi connectivity index (χ2v) is 6.29. The molecule has 0 bridgehead atoms. The Kier molecular flexibility index (Phi) is 1.61. The van der Waals surface area contributed by atoms with Gasteiger partial charge in [-0.1, -0.05) is 0 Å². The quantitative estimate of drug-likeness (QED) is 0.585. The average Bonchev–Trinajstić information content (AvgIpc) is 2.64. The van der Waals surface area contributed by atoms with Gasteiger partial charge in [-0.25, -0.2) is 0 Å². The molecule has 2 heterocycles. The summed E-state index contributed by atoms with van der Waals surface area (Å²) in [6.07, 6.45) is 9.45. The molecule has 12 heavy (non-hydrogen) atoms. The van der Waals surface area contributed by atoms with E-state index in [1.807, 2.05) is 11.8 Å². The summed E-state index contributed by atoms with van der Waals surface area (Å²) in [5.74, 6) is 0. The van der Waals surface area contributed by atoms with Crippen molar-refractivity contribution >= 4 is 26.7 Å². The van der Waals surface area contributed by atoms with Crippen molar-refractivity contribution < 1.29 is 0 Å². The molecule has 0 saturated carbocycles. The first-order chi connectivity index (χ1) is 5.93. The van der Waals surface area contributed by atoms with Crippen LogP contribution in [-0.4, -0.2) is 20.2 Å². The average molecular weight is 239 g/mol. The van der Waals surface area contributed by atoms with Gasteiger partial charge in [0.25, 0.3) is 0 Å². The Bertz CT molecular complexity index is 347. The van der Waals surface area contributed by atoms with E-state index in [0.717, 1.165) is 15.0 Å². The number of hydrogen-bond donors (Lipinski definition) is 0. The summed E-state index contributed by atoms with van der Waals surface area (Å²) >= 11 is 2.67. The predicted octanol–water partition coefficient (Wildman–Crippen LogP) is 2.50. The minimum atomic E-state index is 0.650. The Labute approximate surface area is 82.7 Å². The van der Waals surface area contributed by atoms with E-state index in [9.17, 15) is 0 Å². The maximum atomic E-state index is 2.46. The van der Waals surface area contributed by atoms with E-state index in [2.05, 4.69) is 29.7 Å². The van der Waals surface area contributed by atoms with Crippen molar-refractivity contribution in [3.63, 3.8) is 0 Å². The van der Waals surface area contributed by atoms with E-state index >= 15 is 0 Å². The number of thioether (sulfide) groups is 1. The number of hydrogen-bond acceptors (Lipinski definition) is 1. The summed E-state index contributed by atoms with van der Waals surface area (Å²) < 4.78 is 1.63. The maximum absolute atomic E-state index is 2.46. The Hall–Kier alpha value is -0.171. The van der Waals surface area contributed by atoms with Gasteiger partial charge >= 0.3 is 82.6 Å². The molecule has 3 rings (SSSR count). The molecule has 0 spiro atoms. The molecule has 0 saturated heterocycles. The molecule has 0 aromatic carbocycles. The molecule has 2 heteroatoms. The third-order valence-corrected chi connectivity index (χ3v) is 5.39. The summed E-state index contributed by atoms with van der Waals surface area (Å²) in [5.41, 5.74) is 3.00. The topological polar surface area (TPSA) is 0 Å². The van der Waals surface area contributed by atoms with Crippen LogP contribution in [0.3, 0.4) is 0 Å². The Morgan fingerprint density at radius 2 is 2.50 bits per heavy atom. The molecular weight excluding hydrogens is 231 g/mol. The molecule has 60 valence electrons. The van der Waals surface area contributed by atoms with Gasteiger partial charge in [-0.2, -0.15) is 0 Å². The van der Waals surface area contributed by atoms with Crippen molar-refractivity contribution in [2.75, 3.05) is 0 Å². The Morgan fingerprint density at radius 3 is 3.50 bits per heavy atom. The van der Waals surface area contributed by atoms with Crippen molar-refractivity contribution in [3.8, 4) is 0 Å². The first-order valence-electron chi connectivity index (χ1n) is 4.02. The summed E-state index contributed by atoms with van der Waals surface area (Å²) in [4.78, 5) is 0. The van der Waals surface area contributed by atoms with Gasteiger partial charge in [0.2, 0.25) is 0 Å². The van der Waals surface area contributed by atoms with Crippen LogP contribution in [0.25, 0.3) is 0 Å². The van der Waals surface area contributed by atoms with Gasteiger partial charge in [0.05, 0.1) is 0 Å². The predicted molar refractivity (Wildman–Crippen MR) is 55.3 cm³/mol. The fourth-order valence-corrected chi connectivity index (χ4v) is 4.82. The Balaban J connectivity index is 2.09. The summed E-state index contributed by atoms with van der Waals surface area (Å²) in [7, 11) is 0. The van der Waals surface area contributed by atoms with Gasteiger partial charge in [0.1, 0.15) is 0 Å². The van der Waals surface area contributed by atoms with Crippen LogP contribution in [-0.2, 0) is 0 Å². The molecule has 0 radical (unpaired) electrons. The van der Waals surface area contributed by atoms with Crippen molar-refractivity contribution in [2.45, 2.75) is 10.6 Å². The van der Waals surface area contributed by atoms with E-state index in [4.69, 9.17) is 0 Å². The first-order valence-corrected chi connectivity index (χ1v) is 7.03. The van der Waals surface area contributed by atoms with Crippen molar-refractivity contribution in [1.29, 1.82) is 0 Å². The fourth-order valence-electron chi connectivity index (χ4n) is 1.64. The standard InChI is InChI=1S/C10H8SSe/c1-3-11-9-6-10-8(2-4-12-10)5-7(1)9/h1-3,5-6,9H,4H2. The first kappa shape index (κ1) is 7.25. The molecule has 3 aliphatic rings. The van der Waals surface area contributed by atoms with Crippen LogP contribution in [0, 0.1) is 0 Å². The zero-order chi connectivity index (χ0) is 7.97. The van der Waals surface area contributed by atoms with Crippen molar-refractivity contribution in [2.24, 2.45) is 0 Å². The van der Waals surface area contributed by atoms with Gasteiger partial charge in [-0.3, -0.25) is 0 Å². The molecule has 0 aromatic rings. The van der Waals surface area contributed by atoms with Crippen LogP contribution in [0.5, 0.6) is 0 Å². The van der Waals surface area contributed by atoms with Gasteiger partial charge in [0.15, 0.2) is 0 Å². The number of allylic oxidation sites excluding steroid dienone is 5. The molecule has 0 fully saturated rings. The fraction of sp³-hybridized carbons (Fsp3) is 0.200. The second kappa shape index (κ2) is 2.66. The molecule has 0 nitrogen and oxygen atoms in total. The number of fused-ring (bicyclic) bond motifs is 2.